The first-order chi connectivity index (χ1) is 11.3. The van der Waals surface area contributed by atoms with Crippen molar-refractivity contribution in [2.45, 2.75) is 19.3 Å². The summed E-state index contributed by atoms with van der Waals surface area (Å²) in [5, 5.41) is 2.93. The molecule has 124 valence electrons. The number of nitrogens with zero attached hydrogens (tertiary/aromatic N) is 2. The largest absolute Gasteiger partial charge is 0.441 e. The predicted molar refractivity (Wildman–Crippen MR) is 93.7 cm³/mol. The van der Waals surface area contributed by atoms with Crippen molar-refractivity contribution in [1.29, 1.82) is 0 Å². The Morgan fingerprint density at radius 2 is 2.13 bits per heavy atom. The molecule has 3 rings (SSSR count). The number of thioether (sulfide) groups is 1. The van der Waals surface area contributed by atoms with E-state index >= 15 is 0 Å². The van der Waals surface area contributed by atoms with Crippen LogP contribution in [0.5, 0.6) is 0 Å². The molecule has 1 aliphatic rings. The van der Waals surface area contributed by atoms with E-state index < -0.39 is 0 Å². The summed E-state index contributed by atoms with van der Waals surface area (Å²) in [7, 11) is 0. The van der Waals surface area contributed by atoms with Gasteiger partial charge in [0.15, 0.2) is 11.5 Å². The Morgan fingerprint density at radius 1 is 1.30 bits per heavy atom. The highest BCUT2D eigenvalue weighted by Gasteiger charge is 2.11. The molecule has 6 heteroatoms. The zero-order valence-corrected chi connectivity index (χ0v) is 14.1. The molecule has 5 nitrogen and oxygen atoms in total. The van der Waals surface area contributed by atoms with Gasteiger partial charge in [-0.1, -0.05) is 12.1 Å². The third kappa shape index (κ3) is 4.97. The van der Waals surface area contributed by atoms with Crippen LogP contribution in [0.3, 0.4) is 0 Å². The van der Waals surface area contributed by atoms with Crippen molar-refractivity contribution in [3.63, 3.8) is 0 Å². The summed E-state index contributed by atoms with van der Waals surface area (Å²) in [6.45, 7) is 4.10. The van der Waals surface area contributed by atoms with Crippen LogP contribution >= 0.6 is 11.8 Å². The minimum absolute atomic E-state index is 0.0903. The van der Waals surface area contributed by atoms with Gasteiger partial charge in [-0.2, -0.15) is 11.8 Å². The number of aromatic nitrogens is 1. The Hall–Kier alpha value is -1.53. The van der Waals surface area contributed by atoms with Gasteiger partial charge < -0.3 is 14.6 Å². The number of hydrogen-bond acceptors (Lipinski definition) is 5. The van der Waals surface area contributed by atoms with Gasteiger partial charge >= 0.3 is 0 Å². The lowest BCUT2D eigenvalue weighted by Gasteiger charge is -2.13. The van der Waals surface area contributed by atoms with Gasteiger partial charge in [-0.3, -0.25) is 4.79 Å². The summed E-state index contributed by atoms with van der Waals surface area (Å²) in [5.74, 6) is 2.32. The van der Waals surface area contributed by atoms with Gasteiger partial charge in [-0.15, -0.1) is 0 Å². The fourth-order valence-electron chi connectivity index (χ4n) is 2.75. The van der Waals surface area contributed by atoms with Crippen molar-refractivity contribution in [3.8, 4) is 0 Å². The van der Waals surface area contributed by atoms with Gasteiger partial charge in [0.25, 0.3) is 0 Å². The van der Waals surface area contributed by atoms with E-state index in [9.17, 15) is 4.79 Å². The molecule has 0 radical (unpaired) electrons. The Bertz CT molecular complexity index is 605. The molecule has 1 aromatic heterocycles. The highest BCUT2D eigenvalue weighted by Crippen LogP contribution is 2.14. The van der Waals surface area contributed by atoms with Crippen molar-refractivity contribution >= 4 is 28.8 Å². The second-order valence-corrected chi connectivity index (χ2v) is 6.88. The molecule has 0 spiro atoms. The van der Waals surface area contributed by atoms with Gasteiger partial charge in [0.1, 0.15) is 5.52 Å². The predicted octanol–water partition coefficient (Wildman–Crippen LogP) is 2.32. The molecule has 23 heavy (non-hydrogen) atoms. The lowest BCUT2D eigenvalue weighted by atomic mass is 10.3. The van der Waals surface area contributed by atoms with Gasteiger partial charge in [-0.05, 0) is 38.1 Å². The van der Waals surface area contributed by atoms with Crippen LogP contribution in [0.25, 0.3) is 11.1 Å². The number of oxazole rings is 1. The molecular weight excluding hydrogens is 310 g/mol. The van der Waals surface area contributed by atoms with Crippen molar-refractivity contribution in [2.75, 3.05) is 37.7 Å². The van der Waals surface area contributed by atoms with Crippen molar-refractivity contribution in [1.82, 2.24) is 15.2 Å². The molecule has 1 amide bonds. The number of amides is 1. The smallest absolute Gasteiger partial charge is 0.230 e. The maximum atomic E-state index is 11.8. The summed E-state index contributed by atoms with van der Waals surface area (Å²) in [4.78, 5) is 18.7. The molecule has 0 aliphatic carbocycles. The average Bonchev–Trinajstić information content (AvgIpc) is 3.20. The second-order valence-electron chi connectivity index (χ2n) is 5.78. The Morgan fingerprint density at radius 3 is 2.96 bits per heavy atom. The van der Waals surface area contributed by atoms with Gasteiger partial charge in [0.05, 0.1) is 5.75 Å². The summed E-state index contributed by atoms with van der Waals surface area (Å²) < 4.78 is 5.63. The van der Waals surface area contributed by atoms with Crippen molar-refractivity contribution < 1.29 is 9.21 Å². The molecule has 1 fully saturated rings. The first-order valence-electron chi connectivity index (χ1n) is 8.22. The summed E-state index contributed by atoms with van der Waals surface area (Å²) in [6.07, 6.45) is 3.26. The monoisotopic (exact) mass is 333 g/mol. The molecule has 1 N–H and O–H groups in total. The van der Waals surface area contributed by atoms with Crippen LogP contribution in [-0.4, -0.2) is 53.5 Å². The van der Waals surface area contributed by atoms with E-state index in [1.165, 1.54) is 25.9 Å². The molecule has 0 atom stereocenters. The quantitative estimate of drug-likeness (QED) is 0.751. The Balaban J connectivity index is 1.29. The van der Waals surface area contributed by atoms with E-state index in [-0.39, 0.29) is 5.91 Å². The molecular formula is C17H23N3O2S. The number of fused-ring (bicyclic) bond motifs is 1. The molecule has 2 heterocycles. The first-order valence-corrected chi connectivity index (χ1v) is 9.38. The maximum Gasteiger partial charge on any atom is 0.230 e. The highest BCUT2D eigenvalue weighted by molar-refractivity contribution is 7.99. The van der Waals surface area contributed by atoms with E-state index in [0.29, 0.717) is 24.6 Å². The average molecular weight is 333 g/mol. The molecule has 1 aromatic carbocycles. The first kappa shape index (κ1) is 16.3. The fourth-order valence-corrected chi connectivity index (χ4v) is 3.57. The third-order valence-electron chi connectivity index (χ3n) is 3.98. The van der Waals surface area contributed by atoms with E-state index in [4.69, 9.17) is 4.42 Å². The van der Waals surface area contributed by atoms with Gasteiger partial charge in [0, 0.05) is 25.3 Å². The van der Waals surface area contributed by atoms with Crippen LogP contribution in [-0.2, 0) is 11.2 Å². The lowest BCUT2D eigenvalue weighted by Crippen LogP contribution is -2.28. The van der Waals surface area contributed by atoms with E-state index in [0.717, 1.165) is 23.4 Å². The number of benzene rings is 1. The third-order valence-corrected chi connectivity index (χ3v) is 4.92. The zero-order chi connectivity index (χ0) is 15.9. The van der Waals surface area contributed by atoms with Crippen LogP contribution < -0.4 is 5.32 Å². The molecule has 1 saturated heterocycles. The molecule has 2 aromatic rings. The Labute approximate surface area is 140 Å². The van der Waals surface area contributed by atoms with Crippen LogP contribution in [0, 0.1) is 0 Å². The number of rotatable bonds is 8. The number of likely N-dealkylation sites (tertiary alicyclic amines) is 1. The highest BCUT2D eigenvalue weighted by atomic mass is 32.2. The van der Waals surface area contributed by atoms with Gasteiger partial charge in [0.2, 0.25) is 5.91 Å². The number of carbonyl (C=O) groups excluding carboxylic acids is 1. The lowest BCUT2D eigenvalue weighted by molar-refractivity contribution is -0.118. The van der Waals surface area contributed by atoms with Crippen molar-refractivity contribution in [2.24, 2.45) is 0 Å². The second kappa shape index (κ2) is 8.36. The normalized spacial score (nSPS) is 15.3. The van der Waals surface area contributed by atoms with Crippen LogP contribution in [0.4, 0.5) is 0 Å². The minimum Gasteiger partial charge on any atom is -0.441 e. The molecule has 0 bridgehead atoms. The Kier molecular flexibility index (Phi) is 5.93. The number of hydrogen-bond donors (Lipinski definition) is 1. The van der Waals surface area contributed by atoms with E-state index in [2.05, 4.69) is 15.2 Å². The van der Waals surface area contributed by atoms with Crippen LogP contribution in [0.1, 0.15) is 18.7 Å². The molecule has 1 aliphatic heterocycles. The van der Waals surface area contributed by atoms with E-state index in [1.54, 1.807) is 11.8 Å². The zero-order valence-electron chi connectivity index (χ0n) is 13.3. The summed E-state index contributed by atoms with van der Waals surface area (Å²) >= 11 is 1.71. The fraction of sp³-hybridized carbons (Fsp3) is 0.529. The minimum atomic E-state index is 0.0903. The maximum absolute atomic E-state index is 11.8. The topological polar surface area (TPSA) is 58.4 Å². The number of nitrogens with one attached hydrogen (secondary N) is 1. The molecule has 0 unspecified atom stereocenters. The number of para-hydroxylation sites is 2. The SMILES string of the molecule is O=C(CSCCN1CCCC1)NCCc1nc2ccccc2o1. The van der Waals surface area contributed by atoms with Crippen LogP contribution in [0.2, 0.25) is 0 Å². The van der Waals surface area contributed by atoms with Gasteiger partial charge in [-0.25, -0.2) is 4.98 Å². The number of carbonyl (C=O) groups is 1. The molecule has 0 saturated carbocycles. The van der Waals surface area contributed by atoms with Crippen LogP contribution in [0.15, 0.2) is 28.7 Å². The van der Waals surface area contributed by atoms with E-state index in [1.807, 2.05) is 24.3 Å². The summed E-state index contributed by atoms with van der Waals surface area (Å²) in [5.41, 5.74) is 1.66. The summed E-state index contributed by atoms with van der Waals surface area (Å²) in [6, 6.07) is 7.70. The standard InChI is InChI=1S/C17H23N3O2S/c21-16(13-23-12-11-20-9-3-4-10-20)18-8-7-17-19-14-5-1-2-6-15(14)22-17/h1-2,5-6H,3-4,7-13H2,(H,18,21). The van der Waals surface area contributed by atoms with Crippen molar-refractivity contribution in [3.05, 3.63) is 30.2 Å².